The predicted molar refractivity (Wildman–Crippen MR) is 66.7 cm³/mol. The molecule has 1 fully saturated rings. The summed E-state index contributed by atoms with van der Waals surface area (Å²) < 4.78 is 0. The number of hydrogen-bond donors (Lipinski definition) is 2. The van der Waals surface area contributed by atoms with Crippen LogP contribution in [-0.2, 0) is 9.59 Å². The summed E-state index contributed by atoms with van der Waals surface area (Å²) in [5.41, 5.74) is 0.522. The standard InChI is InChI=1S/C12H11N3O5/c1-6(7-2-4-8(5-3-7)15(19)20)9-10(16)13-12(18)14-11(9)17/h2-6,9H,1H3,(H2,13,14,16,17,18). The Morgan fingerprint density at radius 2 is 1.60 bits per heavy atom. The topological polar surface area (TPSA) is 118 Å². The number of nitro groups is 1. The second-order valence-corrected chi connectivity index (χ2v) is 4.42. The first-order valence-electron chi connectivity index (χ1n) is 5.80. The lowest BCUT2D eigenvalue weighted by Gasteiger charge is -2.25. The van der Waals surface area contributed by atoms with Crippen LogP contribution in [0.25, 0.3) is 0 Å². The van der Waals surface area contributed by atoms with Gasteiger partial charge in [-0.25, -0.2) is 4.79 Å². The average molecular weight is 277 g/mol. The minimum absolute atomic E-state index is 0.0753. The number of imide groups is 2. The molecule has 4 amide bonds. The number of amides is 4. The van der Waals surface area contributed by atoms with Gasteiger partial charge < -0.3 is 0 Å². The third kappa shape index (κ3) is 2.48. The molecule has 1 saturated heterocycles. The van der Waals surface area contributed by atoms with Gasteiger partial charge in [0.2, 0.25) is 11.8 Å². The molecule has 104 valence electrons. The van der Waals surface area contributed by atoms with E-state index in [2.05, 4.69) is 0 Å². The van der Waals surface area contributed by atoms with E-state index in [0.717, 1.165) is 0 Å². The van der Waals surface area contributed by atoms with Crippen molar-refractivity contribution < 1.29 is 19.3 Å². The van der Waals surface area contributed by atoms with Gasteiger partial charge in [0.1, 0.15) is 5.92 Å². The van der Waals surface area contributed by atoms with Crippen molar-refractivity contribution in [3.8, 4) is 0 Å². The van der Waals surface area contributed by atoms with Crippen LogP contribution in [0.4, 0.5) is 10.5 Å². The van der Waals surface area contributed by atoms with E-state index in [1.165, 1.54) is 24.3 Å². The summed E-state index contributed by atoms with van der Waals surface area (Å²) in [6.07, 6.45) is 0. The maximum atomic E-state index is 11.7. The first kappa shape index (κ1) is 13.7. The third-order valence-corrected chi connectivity index (χ3v) is 3.17. The highest BCUT2D eigenvalue weighted by atomic mass is 16.6. The van der Waals surface area contributed by atoms with Gasteiger partial charge in [-0.3, -0.25) is 30.3 Å². The fraction of sp³-hybridized carbons (Fsp3) is 0.250. The van der Waals surface area contributed by atoms with Gasteiger partial charge in [-0.1, -0.05) is 19.1 Å². The molecule has 1 aliphatic heterocycles. The van der Waals surface area contributed by atoms with Gasteiger partial charge in [0.05, 0.1) is 4.92 Å². The molecule has 1 atom stereocenters. The van der Waals surface area contributed by atoms with E-state index >= 15 is 0 Å². The van der Waals surface area contributed by atoms with E-state index < -0.39 is 34.6 Å². The van der Waals surface area contributed by atoms with E-state index in [9.17, 15) is 24.5 Å². The number of benzene rings is 1. The molecule has 0 aliphatic carbocycles. The molecule has 1 heterocycles. The number of carbonyl (C=O) groups is 3. The smallest absolute Gasteiger partial charge is 0.277 e. The molecule has 0 saturated carbocycles. The Kier molecular flexibility index (Phi) is 3.47. The number of nitrogens with zero attached hydrogens (tertiary/aromatic N) is 1. The molecule has 20 heavy (non-hydrogen) atoms. The summed E-state index contributed by atoms with van der Waals surface area (Å²) in [7, 11) is 0. The summed E-state index contributed by atoms with van der Waals surface area (Å²) in [5.74, 6) is -2.91. The van der Waals surface area contributed by atoms with Crippen LogP contribution in [0.1, 0.15) is 18.4 Å². The molecular weight excluding hydrogens is 266 g/mol. The fourth-order valence-corrected chi connectivity index (χ4v) is 2.08. The Bertz CT molecular complexity index is 576. The number of carbonyl (C=O) groups excluding carboxylic acids is 3. The van der Waals surface area contributed by atoms with Gasteiger partial charge in [0.25, 0.3) is 5.69 Å². The number of hydrogen-bond acceptors (Lipinski definition) is 5. The minimum Gasteiger partial charge on any atom is -0.277 e. The zero-order valence-corrected chi connectivity index (χ0v) is 10.5. The van der Waals surface area contributed by atoms with E-state index in [1.54, 1.807) is 6.92 Å². The second kappa shape index (κ2) is 5.08. The van der Waals surface area contributed by atoms with Crippen molar-refractivity contribution in [2.45, 2.75) is 12.8 Å². The Balaban J connectivity index is 2.24. The summed E-state index contributed by atoms with van der Waals surface area (Å²) in [6, 6.07) is 4.73. The molecule has 8 nitrogen and oxygen atoms in total. The zero-order chi connectivity index (χ0) is 14.9. The monoisotopic (exact) mass is 277 g/mol. The Labute approximate surface area is 113 Å². The molecule has 0 aromatic heterocycles. The number of rotatable bonds is 3. The largest absolute Gasteiger partial charge is 0.328 e. The van der Waals surface area contributed by atoms with Crippen molar-refractivity contribution in [3.05, 3.63) is 39.9 Å². The normalized spacial score (nSPS) is 17.4. The number of barbiturate groups is 1. The maximum Gasteiger partial charge on any atom is 0.328 e. The number of urea groups is 1. The van der Waals surface area contributed by atoms with Gasteiger partial charge in [-0.05, 0) is 5.56 Å². The number of non-ortho nitro benzene ring substituents is 1. The quantitative estimate of drug-likeness (QED) is 0.478. The van der Waals surface area contributed by atoms with E-state index in [1.807, 2.05) is 10.6 Å². The number of nitrogens with one attached hydrogen (secondary N) is 2. The van der Waals surface area contributed by atoms with E-state index in [0.29, 0.717) is 5.56 Å². The van der Waals surface area contributed by atoms with Gasteiger partial charge in [0, 0.05) is 18.1 Å². The van der Waals surface area contributed by atoms with Crippen molar-refractivity contribution >= 4 is 23.5 Å². The molecule has 1 aromatic rings. The first-order valence-corrected chi connectivity index (χ1v) is 5.80. The van der Waals surface area contributed by atoms with Crippen molar-refractivity contribution in [2.75, 3.05) is 0 Å². The van der Waals surface area contributed by atoms with Gasteiger partial charge in [-0.15, -0.1) is 0 Å². The number of nitro benzene ring substituents is 1. The van der Waals surface area contributed by atoms with Crippen LogP contribution < -0.4 is 10.6 Å². The van der Waals surface area contributed by atoms with Gasteiger partial charge >= 0.3 is 6.03 Å². The zero-order valence-electron chi connectivity index (χ0n) is 10.5. The second-order valence-electron chi connectivity index (χ2n) is 4.42. The summed E-state index contributed by atoms with van der Waals surface area (Å²) in [5, 5.41) is 14.6. The summed E-state index contributed by atoms with van der Waals surface area (Å²) in [4.78, 5) is 44.4. The minimum atomic E-state index is -1.05. The molecule has 1 aromatic carbocycles. The van der Waals surface area contributed by atoms with E-state index in [4.69, 9.17) is 0 Å². The molecule has 1 unspecified atom stereocenters. The lowest BCUT2D eigenvalue weighted by Crippen LogP contribution is -2.56. The lowest BCUT2D eigenvalue weighted by molar-refractivity contribution is -0.384. The molecule has 0 bridgehead atoms. The average Bonchev–Trinajstić information content (AvgIpc) is 2.37. The van der Waals surface area contributed by atoms with Crippen LogP contribution in [0.15, 0.2) is 24.3 Å². The molecule has 2 rings (SSSR count). The van der Waals surface area contributed by atoms with Gasteiger partial charge in [0.15, 0.2) is 0 Å². The van der Waals surface area contributed by atoms with E-state index in [-0.39, 0.29) is 5.69 Å². The van der Waals surface area contributed by atoms with Crippen LogP contribution in [0.5, 0.6) is 0 Å². The molecule has 8 heteroatoms. The van der Waals surface area contributed by atoms with Crippen molar-refractivity contribution in [1.82, 2.24) is 10.6 Å². The van der Waals surface area contributed by atoms with Crippen molar-refractivity contribution in [3.63, 3.8) is 0 Å². The summed E-state index contributed by atoms with van der Waals surface area (Å²) >= 11 is 0. The van der Waals surface area contributed by atoms with Crippen molar-refractivity contribution in [1.29, 1.82) is 0 Å². The summed E-state index contributed by atoms with van der Waals surface area (Å²) in [6.45, 7) is 1.64. The van der Waals surface area contributed by atoms with Crippen molar-refractivity contribution in [2.24, 2.45) is 5.92 Å². The fourth-order valence-electron chi connectivity index (χ4n) is 2.08. The Morgan fingerprint density at radius 3 is 2.05 bits per heavy atom. The Morgan fingerprint density at radius 1 is 1.10 bits per heavy atom. The van der Waals surface area contributed by atoms with Crippen LogP contribution in [0, 0.1) is 16.0 Å². The van der Waals surface area contributed by atoms with Crippen LogP contribution in [0.2, 0.25) is 0 Å². The highest BCUT2D eigenvalue weighted by Crippen LogP contribution is 2.27. The van der Waals surface area contributed by atoms with Gasteiger partial charge in [-0.2, -0.15) is 0 Å². The Hall–Kier alpha value is -2.77. The third-order valence-electron chi connectivity index (χ3n) is 3.17. The maximum absolute atomic E-state index is 11.7. The predicted octanol–water partition coefficient (Wildman–Crippen LogP) is 0.680. The molecule has 0 spiro atoms. The molecule has 1 aliphatic rings. The highest BCUT2D eigenvalue weighted by Gasteiger charge is 2.38. The first-order chi connectivity index (χ1) is 9.40. The SMILES string of the molecule is CC(c1ccc([N+](=O)[O-])cc1)C1C(=O)NC(=O)NC1=O. The molecule has 2 N–H and O–H groups in total. The highest BCUT2D eigenvalue weighted by molar-refractivity contribution is 6.16. The molecule has 0 radical (unpaired) electrons. The van der Waals surface area contributed by atoms with Crippen LogP contribution >= 0.6 is 0 Å². The van der Waals surface area contributed by atoms with Crippen LogP contribution in [-0.4, -0.2) is 22.8 Å². The molecular formula is C12H11N3O5. The van der Waals surface area contributed by atoms with Crippen LogP contribution in [0.3, 0.4) is 0 Å². The lowest BCUT2D eigenvalue weighted by atomic mass is 9.85.